The molecule has 4 unspecified atom stereocenters. The van der Waals surface area contributed by atoms with E-state index in [2.05, 4.69) is 93.0 Å². The van der Waals surface area contributed by atoms with Crippen molar-refractivity contribution in [1.29, 1.82) is 10.8 Å². The van der Waals surface area contributed by atoms with Crippen molar-refractivity contribution in [3.8, 4) is 0 Å². The molecule has 0 aliphatic carbocycles. The first-order valence-electron chi connectivity index (χ1n) is 44.4. The number of unbranched alkanes of at least 4 members (excludes halogenated alkanes) is 5. The smallest absolute Gasteiger partial charge is 0.237 e. The fraction of sp³-hybridized carbons (Fsp3) is 0.872. The average Bonchev–Trinajstić information content (AvgIpc) is 0.887. The summed E-state index contributed by atoms with van der Waals surface area (Å²) in [6.07, 6.45) is 16.9. The fourth-order valence-electron chi connectivity index (χ4n) is 12.8. The van der Waals surface area contributed by atoms with Gasteiger partial charge >= 0.3 is 0 Å². The summed E-state index contributed by atoms with van der Waals surface area (Å²) in [7, 11) is 3.71. The predicted octanol–water partition coefficient (Wildman–Crippen LogP) is -5.11. The quantitative estimate of drug-likeness (QED) is 0.00515. The summed E-state index contributed by atoms with van der Waals surface area (Å²) >= 11 is 0. The number of nitrogens with zero attached hydrogens (tertiary/aromatic N) is 8. The summed E-state index contributed by atoms with van der Waals surface area (Å²) in [5, 5.41) is 48.0. The van der Waals surface area contributed by atoms with E-state index in [1.807, 2.05) is 21.6 Å². The van der Waals surface area contributed by atoms with Gasteiger partial charge in [0.25, 0.3) is 0 Å². The third kappa shape index (κ3) is 76.9. The number of hydrogen-bond acceptors (Lipinski definition) is 34. The van der Waals surface area contributed by atoms with Crippen LogP contribution in [0.15, 0.2) is 9.98 Å². The molecule has 0 heterocycles. The largest absolute Gasteiger partial charge is 0.388 e. The van der Waals surface area contributed by atoms with Gasteiger partial charge in [0, 0.05) is 247 Å². The van der Waals surface area contributed by atoms with Crippen LogP contribution in [0.5, 0.6) is 0 Å². The number of amidine groups is 2. The Kier molecular flexibility index (Phi) is 80.8. The molecule has 121 heavy (non-hydrogen) atoms. The van der Waals surface area contributed by atoms with Gasteiger partial charge in [-0.15, -0.1) is 0 Å². The molecule has 0 saturated heterocycles. The maximum atomic E-state index is 12.7. The lowest BCUT2D eigenvalue weighted by molar-refractivity contribution is -0.123. The van der Waals surface area contributed by atoms with Crippen molar-refractivity contribution in [3.63, 3.8) is 0 Å². The number of aliphatic imine (C=N–C) groups is 2. The van der Waals surface area contributed by atoms with Crippen molar-refractivity contribution in [2.75, 3.05) is 247 Å². The third-order valence-electron chi connectivity index (χ3n) is 20.1. The number of Topliss-reactive ketones (excluding diaryl/α,β-unsaturated/α-hetero) is 1. The number of carbonyl (C=O) groups excluding carboxylic acids is 6. The van der Waals surface area contributed by atoms with Gasteiger partial charge in [0.1, 0.15) is 12.1 Å². The zero-order chi connectivity index (χ0) is 88.9. The lowest BCUT2D eigenvalue weighted by atomic mass is 10.0. The van der Waals surface area contributed by atoms with E-state index in [1.165, 1.54) is 6.92 Å². The first-order valence-corrected chi connectivity index (χ1v) is 46.9. The standard InChI is InChI=1S/C78H172N34O6S2.H3N/c1-64(113)98-40-53-108(58-59-110(50-35-95-28-14-22-71(115)67(82)19-5-6-23-72(86)87)52-39-97-38-49-109(47-26-79)55-42-102-74(116)68(83)20-12-30-104-77(89)90)44-8-3-7-29-100-73(88)24-16-62-120-119-61-15-18-66(81)17-11-27-94-36-51-111(54-41-99-65(2)114)60-57-107(48-37-96-33-34-101-76(118)70(85)25-32-106-93)45-9-4-10-46-112(63-80)56-43-103-75(117)69(84)21-13-31-105-78(91)92;/h67-70,78,81,94-97,105-106H,3-63,79-80,82-85,91-93H2,1-2H3,(H3,86,87)(H2,88,100)(H,98,113)(H,99,114)(H,101,118)(H,102,116)(H,103,117)(H4,89,90,104);1H3. The zero-order valence-corrected chi connectivity index (χ0v) is 76.2. The highest BCUT2D eigenvalue weighted by molar-refractivity contribution is 8.76. The topological polar surface area (TPSA) is 700 Å². The van der Waals surface area contributed by atoms with E-state index in [4.69, 9.17) is 90.5 Å². The summed E-state index contributed by atoms with van der Waals surface area (Å²) in [5.74, 6) is 7.54. The van der Waals surface area contributed by atoms with E-state index < -0.39 is 30.5 Å². The maximum absolute atomic E-state index is 12.7. The van der Waals surface area contributed by atoms with E-state index in [0.29, 0.717) is 168 Å². The monoisotopic (exact) mass is 1760 g/mol. The first-order chi connectivity index (χ1) is 57.8. The molecule has 0 aliphatic heterocycles. The van der Waals surface area contributed by atoms with Crippen LogP contribution in [0.3, 0.4) is 0 Å². The number of rotatable bonds is 89. The summed E-state index contributed by atoms with van der Waals surface area (Å²) in [6.45, 7) is 27.8. The Labute approximate surface area is 734 Å². The van der Waals surface area contributed by atoms with Gasteiger partial charge in [0.15, 0.2) is 5.96 Å². The molecule has 0 aromatic heterocycles. The van der Waals surface area contributed by atoms with Gasteiger partial charge in [-0.3, -0.25) is 80.3 Å². The normalized spacial score (nSPS) is 12.8. The van der Waals surface area contributed by atoms with Crippen molar-refractivity contribution in [1.82, 2.24) is 94.1 Å². The van der Waals surface area contributed by atoms with Crippen LogP contribution < -0.4 is 139 Å². The minimum atomic E-state index is -0.642. The van der Waals surface area contributed by atoms with Crippen LogP contribution in [0.2, 0.25) is 0 Å². The van der Waals surface area contributed by atoms with E-state index in [9.17, 15) is 28.8 Å². The second-order valence-corrected chi connectivity index (χ2v) is 33.5. The van der Waals surface area contributed by atoms with Crippen LogP contribution in [0, 0.1) is 10.8 Å². The predicted molar refractivity (Wildman–Crippen MR) is 502 cm³/mol. The minimum absolute atomic E-state index is 0. The molecule has 0 rings (SSSR count). The second kappa shape index (κ2) is 83.0. The highest BCUT2D eigenvalue weighted by atomic mass is 33.1. The summed E-state index contributed by atoms with van der Waals surface area (Å²) in [4.78, 5) is 96.9. The van der Waals surface area contributed by atoms with E-state index >= 15 is 0 Å². The van der Waals surface area contributed by atoms with Crippen LogP contribution in [-0.2, 0) is 28.8 Å². The van der Waals surface area contributed by atoms with Crippen molar-refractivity contribution < 1.29 is 28.8 Å². The van der Waals surface area contributed by atoms with Gasteiger partial charge in [-0.1, -0.05) is 40.9 Å². The number of hydrazine groups is 1. The van der Waals surface area contributed by atoms with Crippen LogP contribution >= 0.6 is 21.6 Å². The summed E-state index contributed by atoms with van der Waals surface area (Å²) < 4.78 is 0. The number of guanidine groups is 1. The van der Waals surface area contributed by atoms with Gasteiger partial charge < -0.3 is 138 Å². The van der Waals surface area contributed by atoms with Gasteiger partial charge in [0.05, 0.1) is 35.8 Å². The number of ketones is 1. The highest BCUT2D eigenvalue weighted by Gasteiger charge is 2.20. The van der Waals surface area contributed by atoms with E-state index in [1.54, 1.807) is 6.92 Å². The molecule has 0 fully saturated rings. The Bertz CT molecular complexity index is 2640. The number of nitrogens with one attached hydrogen (secondary N) is 13. The molecule has 0 saturated carbocycles. The Hall–Kier alpha value is -5.28. The van der Waals surface area contributed by atoms with Gasteiger partial charge in [-0.2, -0.15) is 0 Å². The molecule has 710 valence electrons. The van der Waals surface area contributed by atoms with E-state index in [-0.39, 0.29) is 53.3 Å². The number of amides is 5. The van der Waals surface area contributed by atoms with Gasteiger partial charge in [-0.25, -0.2) is 0 Å². The second-order valence-electron chi connectivity index (χ2n) is 30.8. The SMILES string of the molecule is CC(=O)NCCN(CCCCCN=C(N)CCCSSCCCC(=N)CCCNCCN(CCNC(C)=O)CCN(CCCCCN(CN)CCNC(=O)C(N)CCCNC(N)N)CCNCCNC(=O)C(N)CCNN)CCN(CCNCCCC(=O)C(N)CCCCC(=N)N)CCNCCN(CCN)CCNC(=O)C(N)CCCN=C(N)N.N. The molecule has 42 N–H and O–H groups in total. The van der Waals surface area contributed by atoms with Crippen molar-refractivity contribution in [3.05, 3.63) is 0 Å². The molecule has 43 heteroatoms. The lowest BCUT2D eigenvalue weighted by Crippen LogP contribution is -2.47. The molecule has 5 amide bonds. The van der Waals surface area contributed by atoms with Crippen molar-refractivity contribution in [2.45, 2.75) is 192 Å². The molecule has 0 aromatic carbocycles. The number of hydrogen-bond donors (Lipinski definition) is 27. The minimum Gasteiger partial charge on any atom is -0.388 e. The Morgan fingerprint density at radius 2 is 0.777 bits per heavy atom. The molecule has 0 aliphatic rings. The fourth-order valence-corrected chi connectivity index (χ4v) is 15.0. The molecule has 0 radical (unpaired) electrons. The number of carbonyl (C=O) groups is 6. The van der Waals surface area contributed by atoms with Crippen LogP contribution in [0.1, 0.15) is 162 Å². The Morgan fingerprint density at radius 3 is 1.27 bits per heavy atom. The van der Waals surface area contributed by atoms with Crippen LogP contribution in [0.4, 0.5) is 0 Å². The molecule has 0 bridgehead atoms. The van der Waals surface area contributed by atoms with Crippen LogP contribution in [0.25, 0.3) is 0 Å². The lowest BCUT2D eigenvalue weighted by Gasteiger charge is -2.28. The molecule has 41 nitrogen and oxygen atoms in total. The molecule has 4 atom stereocenters. The first kappa shape index (κ1) is 118. The summed E-state index contributed by atoms with van der Waals surface area (Å²) in [5.41, 5.74) is 73.5. The molecular weight excluding hydrogens is 1590 g/mol. The molecule has 0 aromatic rings. The van der Waals surface area contributed by atoms with Crippen molar-refractivity contribution in [2.24, 2.45) is 84.6 Å². The maximum Gasteiger partial charge on any atom is 0.237 e. The molecule has 0 spiro atoms. The van der Waals surface area contributed by atoms with Gasteiger partial charge in [-0.05, 0) is 148 Å². The zero-order valence-electron chi connectivity index (χ0n) is 74.6. The molecular formula is C78H175N35O6S2. The number of nitrogens with two attached hydrogens (primary N) is 13. The average molecular weight is 1760 g/mol. The van der Waals surface area contributed by atoms with Gasteiger partial charge in [0.2, 0.25) is 29.5 Å². The highest BCUT2D eigenvalue weighted by Crippen LogP contribution is 2.24. The Balaban J connectivity index is 0. The van der Waals surface area contributed by atoms with E-state index in [0.717, 1.165) is 238 Å². The third-order valence-corrected chi connectivity index (χ3v) is 22.7. The van der Waals surface area contributed by atoms with Crippen molar-refractivity contribution >= 4 is 80.2 Å². The van der Waals surface area contributed by atoms with Crippen LogP contribution in [-0.4, -0.2) is 366 Å². The Morgan fingerprint density at radius 1 is 0.364 bits per heavy atom. The summed E-state index contributed by atoms with van der Waals surface area (Å²) in [6, 6.07) is -2.37.